The van der Waals surface area contributed by atoms with Crippen molar-refractivity contribution in [2.24, 2.45) is 0 Å². The van der Waals surface area contributed by atoms with Gasteiger partial charge in [-0.15, -0.1) is 0 Å². The normalized spacial score (nSPS) is 11.2. The molecule has 9 rings (SSSR count). The summed E-state index contributed by atoms with van der Waals surface area (Å²) < 4.78 is 27.2. The van der Waals surface area contributed by atoms with Gasteiger partial charge in [-0.05, 0) is 133 Å². The number of carbonyl (C=O) groups excluding carboxylic acids is 4. The van der Waals surface area contributed by atoms with Gasteiger partial charge >= 0.3 is 18.1 Å². The highest BCUT2D eigenvalue weighted by Crippen LogP contribution is 2.27. The van der Waals surface area contributed by atoms with E-state index >= 15 is 0 Å². The molecule has 0 aliphatic heterocycles. The first kappa shape index (κ1) is 63.2. The summed E-state index contributed by atoms with van der Waals surface area (Å²) >= 11 is 0. The summed E-state index contributed by atoms with van der Waals surface area (Å²) in [7, 11) is 0. The number of ketones is 1. The molecule has 0 aliphatic carbocycles. The van der Waals surface area contributed by atoms with Gasteiger partial charge in [0.1, 0.15) is 28.8 Å². The van der Waals surface area contributed by atoms with E-state index in [4.69, 9.17) is 23.0 Å². The van der Waals surface area contributed by atoms with Crippen LogP contribution in [-0.2, 0) is 29.1 Å². The van der Waals surface area contributed by atoms with Gasteiger partial charge in [0.25, 0.3) is 0 Å². The largest absolute Gasteiger partial charge is 0.494 e. The Morgan fingerprint density at radius 3 is 1.20 bits per heavy atom. The van der Waals surface area contributed by atoms with Crippen molar-refractivity contribution in [3.63, 3.8) is 0 Å². The average Bonchev–Trinajstić information content (AvgIpc) is 3.54. The van der Waals surface area contributed by atoms with Crippen molar-refractivity contribution in [2.45, 2.75) is 97.8 Å². The number of pyridine rings is 2. The molecule has 0 unspecified atom stereocenters. The molecule has 5 aromatic heterocycles. The zero-order chi connectivity index (χ0) is 61.5. The molecule has 20 heteroatoms. The third-order valence-electron chi connectivity index (χ3n) is 12.4. The fourth-order valence-corrected chi connectivity index (χ4v) is 7.57. The molecular weight excluding hydrogens is 1090 g/mol. The third-order valence-corrected chi connectivity index (χ3v) is 12.4. The number of nitrogens with one attached hydrogen (secondary N) is 6. The zero-order valence-corrected chi connectivity index (χ0v) is 49.8. The fraction of sp³-hybridized carbons (Fsp3) is 0.258. The maximum atomic E-state index is 12.3. The van der Waals surface area contributed by atoms with E-state index in [9.17, 15) is 19.2 Å². The number of carbonyl (C=O) groups is 4. The summed E-state index contributed by atoms with van der Waals surface area (Å²) in [5.41, 5.74) is 5.25. The monoisotopic (exact) mass is 1160 g/mol. The molecule has 6 N–H and O–H groups in total. The maximum absolute atomic E-state index is 12.3. The van der Waals surface area contributed by atoms with Gasteiger partial charge in [0.2, 0.25) is 0 Å². The van der Waals surface area contributed by atoms with Crippen LogP contribution in [0.25, 0.3) is 6.08 Å². The van der Waals surface area contributed by atoms with Crippen LogP contribution < -0.4 is 41.4 Å². The summed E-state index contributed by atoms with van der Waals surface area (Å²) in [6, 6.07) is 42.6. The van der Waals surface area contributed by atoms with Crippen molar-refractivity contribution >= 4 is 64.5 Å². The van der Waals surface area contributed by atoms with Crippen molar-refractivity contribution < 1.29 is 42.2 Å². The van der Waals surface area contributed by atoms with Crippen LogP contribution in [0.3, 0.4) is 0 Å². The Hall–Kier alpha value is -10.4. The smallest absolute Gasteiger partial charge is 0.324 e. The Bertz CT molecular complexity index is 3580. The number of nitrogens with zero attached hydrogens (tertiary/aromatic N) is 5. The zero-order valence-electron chi connectivity index (χ0n) is 49.8. The lowest BCUT2D eigenvalue weighted by Crippen LogP contribution is -2.19. The standard InChI is InChI=1S/C23H23N3O3.C22H26N4O3.C21H24N4O3/c1-23(2,3)20-15-21(26-29-20)25-22(28)24-18-12-10-17(11-13-18)19(27)14-9-16-7-5-4-6-8-16;1-22(2,3)19-15-20(26-29-19)25-21(27)24-17-6-8-18(9-7-17)28-14-4-5-16-10-12-23-13-11-16;1-21(2,3)18-14-19(25-28-18)24-20(26)23-16-4-6-17(7-5-16)27-13-10-15-8-11-22-12-9-15/h4-15H,1-3H3,(H2,24,25,26,28);6-13,15H,4-5,14H2,1-3H3,(H2,24,25,26,27);4-9,11-12,14H,10,13H2,1-3H3,(H2,23,24,25,26)/b14-9+;;. The molecule has 9 aromatic rings. The number of hydrogen-bond donors (Lipinski definition) is 6. The van der Waals surface area contributed by atoms with Crippen molar-refractivity contribution in [1.29, 1.82) is 0 Å². The molecule has 0 bridgehead atoms. The number of hydrogen-bond acceptors (Lipinski definition) is 14. The molecular formula is C66H73N11O9. The van der Waals surface area contributed by atoms with Crippen molar-refractivity contribution in [3.8, 4) is 11.5 Å². The molecule has 0 saturated carbocycles. The highest BCUT2D eigenvalue weighted by Gasteiger charge is 2.23. The number of aromatic nitrogens is 5. The molecule has 0 aliphatic rings. The summed E-state index contributed by atoms with van der Waals surface area (Å²) in [6.45, 7) is 19.3. The molecule has 0 spiro atoms. The molecule has 5 heterocycles. The van der Waals surface area contributed by atoms with E-state index in [0.29, 0.717) is 70.6 Å². The maximum Gasteiger partial charge on any atom is 0.324 e. The van der Waals surface area contributed by atoms with Crippen LogP contribution in [0.15, 0.2) is 190 Å². The number of allylic oxidation sites excluding steroid dienone is 1. The average molecular weight is 1160 g/mol. The highest BCUT2D eigenvalue weighted by atomic mass is 16.5. The second-order valence-corrected chi connectivity index (χ2v) is 22.7. The highest BCUT2D eigenvalue weighted by molar-refractivity contribution is 6.07. The molecule has 0 saturated heterocycles. The van der Waals surface area contributed by atoms with Gasteiger partial charge in [-0.25, -0.2) is 14.4 Å². The van der Waals surface area contributed by atoms with Crippen LogP contribution >= 0.6 is 0 Å². The van der Waals surface area contributed by atoms with Crippen molar-refractivity contribution in [3.05, 3.63) is 216 Å². The molecule has 86 heavy (non-hydrogen) atoms. The van der Waals surface area contributed by atoms with E-state index in [1.165, 1.54) is 17.2 Å². The molecule has 0 fully saturated rings. The fourth-order valence-electron chi connectivity index (χ4n) is 7.57. The predicted octanol–water partition coefficient (Wildman–Crippen LogP) is 15.2. The van der Waals surface area contributed by atoms with Crippen LogP contribution in [0.5, 0.6) is 11.5 Å². The Labute approximate surface area is 500 Å². The lowest BCUT2D eigenvalue weighted by Gasteiger charge is -2.12. The van der Waals surface area contributed by atoms with Crippen LogP contribution in [0.2, 0.25) is 0 Å². The first-order valence-corrected chi connectivity index (χ1v) is 27.9. The van der Waals surface area contributed by atoms with Gasteiger partial charge in [0.15, 0.2) is 23.2 Å². The minimum absolute atomic E-state index is 0.109. The Morgan fingerprint density at radius 2 is 0.814 bits per heavy atom. The first-order chi connectivity index (χ1) is 41.1. The lowest BCUT2D eigenvalue weighted by atomic mass is 9.93. The van der Waals surface area contributed by atoms with Crippen molar-refractivity contribution in [1.82, 2.24) is 25.4 Å². The Kier molecular flexibility index (Phi) is 22.2. The van der Waals surface area contributed by atoms with E-state index in [-0.39, 0.29) is 34.1 Å². The van der Waals surface area contributed by atoms with E-state index in [1.807, 2.05) is 141 Å². The minimum atomic E-state index is -0.443. The lowest BCUT2D eigenvalue weighted by molar-refractivity contribution is 0.104. The topological polar surface area (TPSA) is 263 Å². The van der Waals surface area contributed by atoms with Gasteiger partial charge in [0.05, 0.1) is 13.2 Å². The number of amides is 6. The van der Waals surface area contributed by atoms with E-state index < -0.39 is 6.03 Å². The number of anilines is 6. The van der Waals surface area contributed by atoms with Crippen LogP contribution in [0, 0.1) is 0 Å². The van der Waals surface area contributed by atoms with Gasteiger partial charge < -0.3 is 39.0 Å². The number of ether oxygens (including phenoxy) is 2. The predicted molar refractivity (Wildman–Crippen MR) is 334 cm³/mol. The van der Waals surface area contributed by atoms with E-state index in [2.05, 4.69) is 57.3 Å². The number of rotatable bonds is 18. The number of benzene rings is 4. The molecule has 6 amide bonds. The molecule has 0 radical (unpaired) electrons. The summed E-state index contributed by atoms with van der Waals surface area (Å²) in [4.78, 5) is 56.7. The second kappa shape index (κ2) is 30.3. The molecule has 0 atom stereocenters. The number of aryl methyl sites for hydroxylation is 1. The molecule has 20 nitrogen and oxygen atoms in total. The Balaban J connectivity index is 0.000000185. The van der Waals surface area contributed by atoms with Crippen LogP contribution in [0.1, 0.15) is 113 Å². The molecule has 4 aromatic carbocycles. The second-order valence-electron chi connectivity index (χ2n) is 22.7. The van der Waals surface area contributed by atoms with Gasteiger partial charge in [0, 0.05) is 88.3 Å². The quantitative estimate of drug-likeness (QED) is 0.0265. The summed E-state index contributed by atoms with van der Waals surface area (Å²) in [5.74, 6) is 4.57. The number of urea groups is 3. The van der Waals surface area contributed by atoms with Crippen LogP contribution in [0.4, 0.5) is 48.9 Å². The van der Waals surface area contributed by atoms with Crippen LogP contribution in [-0.4, -0.2) is 62.5 Å². The first-order valence-electron chi connectivity index (χ1n) is 27.9. The van der Waals surface area contributed by atoms with E-state index in [0.717, 1.165) is 36.3 Å². The summed E-state index contributed by atoms with van der Waals surface area (Å²) in [6.07, 6.45) is 13.1. The summed E-state index contributed by atoms with van der Waals surface area (Å²) in [5, 5.41) is 27.8. The third kappa shape index (κ3) is 21.4. The van der Waals surface area contributed by atoms with Gasteiger partial charge in [-0.1, -0.05) is 114 Å². The van der Waals surface area contributed by atoms with Gasteiger partial charge in [-0.2, -0.15) is 0 Å². The van der Waals surface area contributed by atoms with Crippen molar-refractivity contribution in [2.75, 3.05) is 45.1 Å². The minimum Gasteiger partial charge on any atom is -0.494 e. The van der Waals surface area contributed by atoms with Gasteiger partial charge in [-0.3, -0.25) is 30.7 Å². The SMILES string of the molecule is CC(C)(C)c1cc(NC(=O)Nc2ccc(C(=O)/C=C/c3ccccc3)cc2)no1.CC(C)(C)c1cc(NC(=O)Nc2ccc(OCCCc3ccncc3)cc2)no1.CC(C)(C)c1cc(NC(=O)Nc2ccc(OCCc3ccncc3)cc2)no1. The molecule has 446 valence electrons. The Morgan fingerprint density at radius 1 is 0.442 bits per heavy atom. The van der Waals surface area contributed by atoms with E-state index in [1.54, 1.807) is 97.6 Å².